The highest BCUT2D eigenvalue weighted by Crippen LogP contribution is 2.50. The van der Waals surface area contributed by atoms with Crippen molar-refractivity contribution in [3.8, 4) is 0 Å². The van der Waals surface area contributed by atoms with Crippen molar-refractivity contribution in [2.75, 3.05) is 6.54 Å². The number of ether oxygens (including phenoxy) is 1. The molecule has 2 saturated heterocycles. The predicted octanol–water partition coefficient (Wildman–Crippen LogP) is 5.75. The summed E-state index contributed by atoms with van der Waals surface area (Å²) in [5.41, 5.74) is 1.66. The molecule has 3 fully saturated rings. The predicted molar refractivity (Wildman–Crippen MR) is 135 cm³/mol. The van der Waals surface area contributed by atoms with Crippen LogP contribution in [0.15, 0.2) is 34.9 Å². The van der Waals surface area contributed by atoms with E-state index in [1.54, 1.807) is 18.2 Å². The molecule has 0 unspecified atom stereocenters. The molecule has 1 amide bonds. The van der Waals surface area contributed by atoms with Crippen LogP contribution in [0.3, 0.4) is 0 Å². The van der Waals surface area contributed by atoms with Crippen molar-refractivity contribution in [2.45, 2.75) is 95.2 Å². The maximum atomic E-state index is 12.7. The normalized spacial score (nSPS) is 25.8. The SMILES string of the molecule is O=C(O)c1cccc(CC[C@@H]2[C@H](c3nc(C(=O)NCCCCC4CCCCC4)co3)[C@H]3CC[C@@H]2O3)c1. The summed E-state index contributed by atoms with van der Waals surface area (Å²) in [6.07, 6.45) is 15.7. The van der Waals surface area contributed by atoms with Gasteiger partial charge in [-0.1, -0.05) is 57.1 Å². The summed E-state index contributed by atoms with van der Waals surface area (Å²) in [6, 6.07) is 7.13. The van der Waals surface area contributed by atoms with Gasteiger partial charge in [0, 0.05) is 6.54 Å². The number of carbonyl (C=O) groups is 2. The second kappa shape index (κ2) is 11.6. The van der Waals surface area contributed by atoms with E-state index < -0.39 is 5.97 Å². The van der Waals surface area contributed by atoms with E-state index in [4.69, 9.17) is 9.15 Å². The van der Waals surface area contributed by atoms with Gasteiger partial charge in [0.1, 0.15) is 6.26 Å². The molecule has 5 rings (SSSR count). The van der Waals surface area contributed by atoms with Gasteiger partial charge in [-0.2, -0.15) is 0 Å². The van der Waals surface area contributed by atoms with Crippen LogP contribution < -0.4 is 5.32 Å². The van der Waals surface area contributed by atoms with E-state index in [1.165, 1.54) is 44.8 Å². The highest BCUT2D eigenvalue weighted by Gasteiger charge is 2.51. The van der Waals surface area contributed by atoms with Crippen molar-refractivity contribution in [1.82, 2.24) is 10.3 Å². The summed E-state index contributed by atoms with van der Waals surface area (Å²) in [7, 11) is 0. The van der Waals surface area contributed by atoms with Crippen molar-refractivity contribution < 1.29 is 23.8 Å². The molecular formula is C29H38N2O5. The number of carboxylic acids is 1. The first-order valence-corrected chi connectivity index (χ1v) is 13.8. The van der Waals surface area contributed by atoms with Crippen molar-refractivity contribution in [3.05, 3.63) is 53.2 Å². The van der Waals surface area contributed by atoms with Gasteiger partial charge in [-0.25, -0.2) is 9.78 Å². The van der Waals surface area contributed by atoms with E-state index in [-0.39, 0.29) is 30.0 Å². The monoisotopic (exact) mass is 494 g/mol. The second-order valence-corrected chi connectivity index (χ2v) is 10.9. The van der Waals surface area contributed by atoms with E-state index in [0.717, 1.165) is 50.0 Å². The summed E-state index contributed by atoms with van der Waals surface area (Å²) in [4.78, 5) is 28.6. The quantitative estimate of drug-likeness (QED) is 0.386. The standard InChI is InChI=1S/C29H38N2O5/c32-27(30-16-5-4-9-19-7-2-1-3-8-19)23-18-35-28(31-23)26-22(24-14-15-25(26)36-24)13-12-20-10-6-11-21(17-20)29(33)34/h6,10-11,17-19,22,24-26H,1-5,7-9,12-16H2,(H,30,32)(H,33,34)/t22-,24-,25+,26-/m0/s1. The van der Waals surface area contributed by atoms with E-state index in [0.29, 0.717) is 23.7 Å². The number of aromatic nitrogens is 1. The molecule has 194 valence electrons. The van der Waals surface area contributed by atoms with E-state index in [9.17, 15) is 14.7 Å². The maximum absolute atomic E-state index is 12.7. The Morgan fingerprint density at radius 3 is 2.69 bits per heavy atom. The van der Waals surface area contributed by atoms with Crippen LogP contribution >= 0.6 is 0 Å². The van der Waals surface area contributed by atoms with Gasteiger partial charge in [-0.15, -0.1) is 0 Å². The molecule has 1 aromatic carbocycles. The largest absolute Gasteiger partial charge is 0.478 e. The summed E-state index contributed by atoms with van der Waals surface area (Å²) in [6.45, 7) is 0.670. The lowest BCUT2D eigenvalue weighted by atomic mass is 9.76. The third-order valence-corrected chi connectivity index (χ3v) is 8.45. The van der Waals surface area contributed by atoms with Crippen molar-refractivity contribution >= 4 is 11.9 Å². The fraction of sp³-hybridized carbons (Fsp3) is 0.621. The average Bonchev–Trinajstić information content (AvgIpc) is 3.64. The minimum absolute atomic E-state index is 0.0310. The molecule has 7 heteroatoms. The molecule has 3 aliphatic rings. The van der Waals surface area contributed by atoms with Gasteiger partial charge in [0.2, 0.25) is 5.89 Å². The summed E-state index contributed by atoms with van der Waals surface area (Å²) >= 11 is 0. The van der Waals surface area contributed by atoms with Crippen LogP contribution in [0.4, 0.5) is 0 Å². The molecule has 2 aliphatic heterocycles. The van der Waals surface area contributed by atoms with Crippen LogP contribution in [0.5, 0.6) is 0 Å². The Hall–Kier alpha value is -2.67. The minimum Gasteiger partial charge on any atom is -0.478 e. The van der Waals surface area contributed by atoms with E-state index >= 15 is 0 Å². The Morgan fingerprint density at radius 1 is 1.03 bits per heavy atom. The maximum Gasteiger partial charge on any atom is 0.335 e. The Labute approximate surface area is 213 Å². The molecule has 2 bridgehead atoms. The Kier molecular flexibility index (Phi) is 8.05. The van der Waals surface area contributed by atoms with Crippen LogP contribution in [0.1, 0.15) is 109 Å². The summed E-state index contributed by atoms with van der Waals surface area (Å²) in [5.74, 6) is 0.663. The molecule has 2 aromatic rings. The smallest absolute Gasteiger partial charge is 0.335 e. The lowest BCUT2D eigenvalue weighted by Gasteiger charge is -2.25. The van der Waals surface area contributed by atoms with Gasteiger partial charge in [0.15, 0.2) is 5.69 Å². The van der Waals surface area contributed by atoms with Gasteiger partial charge in [-0.3, -0.25) is 4.79 Å². The number of aryl methyl sites for hydroxylation is 1. The fourth-order valence-corrected chi connectivity index (χ4v) is 6.55. The van der Waals surface area contributed by atoms with Crippen LogP contribution in [0, 0.1) is 11.8 Å². The number of oxazole rings is 1. The van der Waals surface area contributed by atoms with Crippen LogP contribution in [0.25, 0.3) is 0 Å². The molecule has 1 saturated carbocycles. The number of benzene rings is 1. The Morgan fingerprint density at radius 2 is 1.86 bits per heavy atom. The molecule has 0 spiro atoms. The molecule has 0 radical (unpaired) electrons. The first-order chi connectivity index (χ1) is 17.6. The zero-order valence-corrected chi connectivity index (χ0v) is 21.0. The zero-order valence-electron chi connectivity index (χ0n) is 21.0. The van der Waals surface area contributed by atoms with Crippen LogP contribution in [-0.4, -0.2) is 40.7 Å². The van der Waals surface area contributed by atoms with Crippen LogP contribution in [0.2, 0.25) is 0 Å². The van der Waals surface area contributed by atoms with Crippen molar-refractivity contribution in [2.24, 2.45) is 11.8 Å². The first kappa shape index (κ1) is 25.0. The molecule has 1 aliphatic carbocycles. The van der Waals surface area contributed by atoms with Crippen molar-refractivity contribution in [1.29, 1.82) is 0 Å². The number of hydrogen-bond donors (Lipinski definition) is 2. The molecule has 4 atom stereocenters. The number of amides is 1. The van der Waals surface area contributed by atoms with Crippen molar-refractivity contribution in [3.63, 3.8) is 0 Å². The number of nitrogens with one attached hydrogen (secondary N) is 1. The molecule has 7 nitrogen and oxygen atoms in total. The number of carboxylic acid groups (broad SMARTS) is 1. The Balaban J connectivity index is 1.13. The Bertz CT molecular complexity index is 1040. The molecule has 1 aromatic heterocycles. The van der Waals surface area contributed by atoms with Gasteiger partial charge in [0.25, 0.3) is 5.91 Å². The molecule has 2 N–H and O–H groups in total. The molecular weight excluding hydrogens is 456 g/mol. The number of rotatable bonds is 11. The van der Waals surface area contributed by atoms with E-state index in [1.807, 2.05) is 6.07 Å². The number of unbranched alkanes of at least 4 members (excludes halogenated alkanes) is 1. The van der Waals surface area contributed by atoms with Gasteiger partial charge in [0.05, 0.1) is 23.7 Å². The third kappa shape index (κ3) is 5.83. The van der Waals surface area contributed by atoms with Crippen LogP contribution in [-0.2, 0) is 11.2 Å². The third-order valence-electron chi connectivity index (χ3n) is 8.45. The van der Waals surface area contributed by atoms with Gasteiger partial charge >= 0.3 is 5.97 Å². The summed E-state index contributed by atoms with van der Waals surface area (Å²) in [5, 5.41) is 12.3. The first-order valence-electron chi connectivity index (χ1n) is 13.8. The summed E-state index contributed by atoms with van der Waals surface area (Å²) < 4.78 is 12.1. The number of carbonyl (C=O) groups excluding carboxylic acids is 1. The topological polar surface area (TPSA) is 102 Å². The average molecular weight is 495 g/mol. The molecule has 3 heterocycles. The lowest BCUT2D eigenvalue weighted by molar-refractivity contribution is 0.0696. The highest BCUT2D eigenvalue weighted by atomic mass is 16.5. The fourth-order valence-electron chi connectivity index (χ4n) is 6.55. The second-order valence-electron chi connectivity index (χ2n) is 10.9. The lowest BCUT2D eigenvalue weighted by Crippen LogP contribution is -2.27. The number of aromatic carboxylic acids is 1. The van der Waals surface area contributed by atoms with E-state index in [2.05, 4.69) is 10.3 Å². The highest BCUT2D eigenvalue weighted by molar-refractivity contribution is 5.91. The molecule has 36 heavy (non-hydrogen) atoms. The van der Waals surface area contributed by atoms with Gasteiger partial charge in [-0.05, 0) is 61.6 Å². The number of hydrogen-bond acceptors (Lipinski definition) is 5. The van der Waals surface area contributed by atoms with Gasteiger partial charge < -0.3 is 19.6 Å². The zero-order chi connectivity index (χ0) is 24.9. The minimum atomic E-state index is -0.909. The number of nitrogens with zero attached hydrogens (tertiary/aromatic N) is 1. The number of fused-ring (bicyclic) bond motifs is 2.